The average molecular weight is 402 g/mol. The smallest absolute Gasteiger partial charge is 0.225 e. The molecule has 3 fully saturated rings. The molecule has 1 unspecified atom stereocenters. The molecule has 1 amide bonds. The highest BCUT2D eigenvalue weighted by molar-refractivity contribution is 5.85. The summed E-state index contributed by atoms with van der Waals surface area (Å²) in [6, 6.07) is 10.5. The summed E-state index contributed by atoms with van der Waals surface area (Å²) in [6.45, 7) is 7.45. The number of carbonyl (C=O) groups is 1. The van der Waals surface area contributed by atoms with E-state index in [1.54, 1.807) is 0 Å². The third-order valence-corrected chi connectivity index (χ3v) is 5.62. The Labute approximate surface area is 168 Å². The fourth-order valence-electron chi connectivity index (χ4n) is 4.27. The van der Waals surface area contributed by atoms with Gasteiger partial charge in [0.1, 0.15) is 0 Å². The summed E-state index contributed by atoms with van der Waals surface area (Å²) >= 11 is 0. The molecule has 0 bridgehead atoms. The lowest BCUT2D eigenvalue weighted by atomic mass is 10.0. The van der Waals surface area contributed by atoms with Crippen LogP contribution in [0.4, 0.5) is 0 Å². The number of morpholine rings is 1. The summed E-state index contributed by atoms with van der Waals surface area (Å²) in [7, 11) is 0. The van der Waals surface area contributed by atoms with Crippen LogP contribution in [0, 0.1) is 11.8 Å². The molecule has 0 aromatic heterocycles. The number of benzene rings is 1. The van der Waals surface area contributed by atoms with E-state index in [2.05, 4.69) is 39.4 Å². The molecule has 1 N–H and O–H groups in total. The van der Waals surface area contributed by atoms with Gasteiger partial charge in [0.15, 0.2) is 0 Å². The number of amides is 1. The zero-order chi connectivity index (χ0) is 16.4. The van der Waals surface area contributed by atoms with E-state index in [9.17, 15) is 4.79 Å². The third-order valence-electron chi connectivity index (χ3n) is 5.62. The minimum absolute atomic E-state index is 0. The van der Waals surface area contributed by atoms with Gasteiger partial charge in [0.25, 0.3) is 0 Å². The van der Waals surface area contributed by atoms with Crippen molar-refractivity contribution in [2.75, 3.05) is 45.9 Å². The van der Waals surface area contributed by atoms with Crippen LogP contribution in [-0.4, -0.2) is 67.7 Å². The van der Waals surface area contributed by atoms with Crippen LogP contribution in [0.3, 0.4) is 0 Å². The standard InChI is InChI=1S/C19H27N3O2.2ClH/c23-19(22-12-16-9-20-10-17(16)13-22)8-18-14-21(6-7-24-18)11-15-4-2-1-3-5-15;;/h1-5,16-18,20H,6-14H2;2*1H/t16-,17+,18?;;. The number of hydrogen-bond acceptors (Lipinski definition) is 4. The Morgan fingerprint density at radius 2 is 1.77 bits per heavy atom. The van der Waals surface area contributed by atoms with Crippen molar-refractivity contribution in [1.29, 1.82) is 0 Å². The summed E-state index contributed by atoms with van der Waals surface area (Å²) < 4.78 is 5.87. The lowest BCUT2D eigenvalue weighted by Crippen LogP contribution is -2.44. The van der Waals surface area contributed by atoms with Crippen LogP contribution in [0.25, 0.3) is 0 Å². The van der Waals surface area contributed by atoms with E-state index in [-0.39, 0.29) is 36.8 Å². The second kappa shape index (κ2) is 9.90. The molecule has 1 aromatic carbocycles. The monoisotopic (exact) mass is 401 g/mol. The van der Waals surface area contributed by atoms with Gasteiger partial charge < -0.3 is 15.0 Å². The lowest BCUT2D eigenvalue weighted by Gasteiger charge is -2.33. The summed E-state index contributed by atoms with van der Waals surface area (Å²) in [5.74, 6) is 1.60. The molecular formula is C19H29Cl2N3O2. The van der Waals surface area contributed by atoms with Crippen LogP contribution in [0.15, 0.2) is 30.3 Å². The lowest BCUT2D eigenvalue weighted by molar-refractivity contribution is -0.135. The summed E-state index contributed by atoms with van der Waals surface area (Å²) in [6.07, 6.45) is 0.562. The molecular weight excluding hydrogens is 373 g/mol. The van der Waals surface area contributed by atoms with E-state index in [0.29, 0.717) is 18.3 Å². The first-order chi connectivity index (χ1) is 11.8. The Morgan fingerprint density at radius 3 is 2.46 bits per heavy atom. The molecule has 1 aromatic rings. The molecule has 7 heteroatoms. The van der Waals surface area contributed by atoms with Gasteiger partial charge in [-0.2, -0.15) is 0 Å². The van der Waals surface area contributed by atoms with Crippen LogP contribution in [0.2, 0.25) is 0 Å². The van der Waals surface area contributed by atoms with Crippen molar-refractivity contribution in [3.8, 4) is 0 Å². The number of halogens is 2. The van der Waals surface area contributed by atoms with Gasteiger partial charge in [-0.15, -0.1) is 24.8 Å². The molecule has 0 saturated carbocycles. The van der Waals surface area contributed by atoms with Crippen LogP contribution < -0.4 is 5.32 Å². The second-order valence-corrected chi connectivity index (χ2v) is 7.39. The third kappa shape index (κ3) is 5.11. The fraction of sp³-hybridized carbons (Fsp3) is 0.632. The molecule has 146 valence electrons. The van der Waals surface area contributed by atoms with Crippen LogP contribution in [0.5, 0.6) is 0 Å². The van der Waals surface area contributed by atoms with E-state index >= 15 is 0 Å². The van der Waals surface area contributed by atoms with Gasteiger partial charge in [-0.25, -0.2) is 0 Å². The number of likely N-dealkylation sites (tertiary alicyclic amines) is 1. The van der Waals surface area contributed by atoms with Crippen molar-refractivity contribution >= 4 is 30.7 Å². The van der Waals surface area contributed by atoms with Crippen LogP contribution in [-0.2, 0) is 16.1 Å². The normalized spacial score (nSPS) is 28.2. The van der Waals surface area contributed by atoms with Crippen molar-refractivity contribution in [3.63, 3.8) is 0 Å². The van der Waals surface area contributed by atoms with Gasteiger partial charge in [0.05, 0.1) is 19.1 Å². The first-order valence-corrected chi connectivity index (χ1v) is 9.14. The highest BCUT2D eigenvalue weighted by Crippen LogP contribution is 2.27. The van der Waals surface area contributed by atoms with Gasteiger partial charge in [-0.1, -0.05) is 30.3 Å². The Bertz CT molecular complexity index is 563. The minimum atomic E-state index is 0. The predicted molar refractivity (Wildman–Crippen MR) is 107 cm³/mol. The first-order valence-electron chi connectivity index (χ1n) is 9.14. The number of nitrogens with zero attached hydrogens (tertiary/aromatic N) is 2. The molecule has 3 aliphatic heterocycles. The quantitative estimate of drug-likeness (QED) is 0.835. The SMILES string of the molecule is Cl.Cl.O=C(CC1CN(Cc2ccccc2)CCO1)N1C[C@H]2CNC[C@H]2C1. The number of fused-ring (bicyclic) bond motifs is 1. The summed E-state index contributed by atoms with van der Waals surface area (Å²) in [5.41, 5.74) is 1.32. The van der Waals surface area contributed by atoms with Crippen molar-refractivity contribution in [2.24, 2.45) is 11.8 Å². The molecule has 3 heterocycles. The number of carbonyl (C=O) groups excluding carboxylic acids is 1. The van der Waals surface area contributed by atoms with Crippen LogP contribution in [0.1, 0.15) is 12.0 Å². The molecule has 4 rings (SSSR count). The van der Waals surface area contributed by atoms with E-state index in [1.165, 1.54) is 5.56 Å². The molecule has 0 radical (unpaired) electrons. The van der Waals surface area contributed by atoms with Gasteiger partial charge in [-0.05, 0) is 17.4 Å². The highest BCUT2D eigenvalue weighted by atomic mass is 35.5. The zero-order valence-electron chi connectivity index (χ0n) is 15.0. The van der Waals surface area contributed by atoms with E-state index in [1.807, 2.05) is 6.07 Å². The Morgan fingerprint density at radius 1 is 1.08 bits per heavy atom. The summed E-state index contributed by atoms with van der Waals surface area (Å²) in [5, 5.41) is 3.42. The van der Waals surface area contributed by atoms with Crippen LogP contribution >= 0.6 is 24.8 Å². The van der Waals surface area contributed by atoms with Crippen molar-refractivity contribution in [2.45, 2.75) is 19.1 Å². The fourth-order valence-corrected chi connectivity index (χ4v) is 4.27. The van der Waals surface area contributed by atoms with Gasteiger partial charge >= 0.3 is 0 Å². The Kier molecular flexibility index (Phi) is 8.17. The van der Waals surface area contributed by atoms with Crippen molar-refractivity contribution < 1.29 is 9.53 Å². The Balaban J connectivity index is 0.00000121. The number of hydrogen-bond donors (Lipinski definition) is 1. The van der Waals surface area contributed by atoms with Gasteiger partial charge in [-0.3, -0.25) is 9.69 Å². The number of nitrogens with one attached hydrogen (secondary N) is 1. The topological polar surface area (TPSA) is 44.8 Å². The maximum Gasteiger partial charge on any atom is 0.225 e. The number of ether oxygens (including phenoxy) is 1. The maximum absolute atomic E-state index is 12.6. The average Bonchev–Trinajstić information content (AvgIpc) is 3.18. The molecule has 26 heavy (non-hydrogen) atoms. The highest BCUT2D eigenvalue weighted by Gasteiger charge is 2.38. The second-order valence-electron chi connectivity index (χ2n) is 7.39. The molecule has 3 atom stereocenters. The predicted octanol–water partition coefficient (Wildman–Crippen LogP) is 1.80. The largest absolute Gasteiger partial charge is 0.375 e. The van der Waals surface area contributed by atoms with Crippen molar-refractivity contribution in [3.05, 3.63) is 35.9 Å². The first kappa shape index (κ1) is 21.5. The van der Waals surface area contributed by atoms with E-state index in [4.69, 9.17) is 4.74 Å². The number of rotatable bonds is 4. The van der Waals surface area contributed by atoms with E-state index in [0.717, 1.165) is 52.4 Å². The van der Waals surface area contributed by atoms with Gasteiger partial charge in [0.2, 0.25) is 5.91 Å². The van der Waals surface area contributed by atoms with Crippen molar-refractivity contribution in [1.82, 2.24) is 15.1 Å². The molecule has 3 saturated heterocycles. The minimum Gasteiger partial charge on any atom is -0.375 e. The molecule has 0 aliphatic carbocycles. The zero-order valence-corrected chi connectivity index (χ0v) is 16.6. The molecule has 0 spiro atoms. The molecule has 5 nitrogen and oxygen atoms in total. The summed E-state index contributed by atoms with van der Waals surface area (Å²) in [4.78, 5) is 17.1. The molecule has 3 aliphatic rings. The van der Waals surface area contributed by atoms with Gasteiger partial charge in [0, 0.05) is 45.8 Å². The maximum atomic E-state index is 12.6. The van der Waals surface area contributed by atoms with E-state index < -0.39 is 0 Å². The Hall–Kier alpha value is -0.850.